The minimum atomic E-state index is 0.0833. The summed E-state index contributed by atoms with van der Waals surface area (Å²) in [5, 5.41) is 2.99. The third-order valence-electron chi connectivity index (χ3n) is 1.69. The van der Waals surface area contributed by atoms with Crippen LogP contribution < -0.4 is 5.32 Å². The molecule has 0 rings (SSSR count). The number of carbonyl (C=O) groups is 1. The van der Waals surface area contributed by atoms with Crippen molar-refractivity contribution >= 4 is 5.78 Å². The molecule has 0 aromatic carbocycles. The molecule has 60 valence electrons. The molecule has 0 aliphatic rings. The van der Waals surface area contributed by atoms with E-state index in [-0.39, 0.29) is 11.8 Å². The molecular formula is C8H17NO. The largest absolute Gasteiger partial charge is 0.311 e. The average molecular weight is 143 g/mol. The lowest BCUT2D eigenvalue weighted by atomic mass is 10.1. The van der Waals surface area contributed by atoms with Gasteiger partial charge in [0.15, 0.2) is 0 Å². The van der Waals surface area contributed by atoms with Crippen molar-refractivity contribution < 1.29 is 4.79 Å². The summed E-state index contributed by atoms with van der Waals surface area (Å²) in [5.41, 5.74) is 0. The second kappa shape index (κ2) is 5.42. The Bertz CT molecular complexity index is 101. The third kappa shape index (κ3) is 3.62. The number of likely N-dealkylation sites (N-methyl/N-ethyl adjacent to an activating group) is 1. The molecule has 2 heteroatoms. The van der Waals surface area contributed by atoms with E-state index in [1.165, 1.54) is 0 Å². The van der Waals surface area contributed by atoms with Crippen LogP contribution in [0.1, 0.15) is 33.1 Å². The van der Waals surface area contributed by atoms with E-state index < -0.39 is 0 Å². The monoisotopic (exact) mass is 143 g/mol. The molecule has 0 fully saturated rings. The van der Waals surface area contributed by atoms with Crippen LogP contribution in [0.3, 0.4) is 0 Å². The normalized spacial score (nSPS) is 13.1. The van der Waals surface area contributed by atoms with E-state index in [2.05, 4.69) is 12.2 Å². The Kier molecular flexibility index (Phi) is 5.22. The molecule has 0 amide bonds. The Balaban J connectivity index is 3.50. The number of Topliss-reactive ketones (excluding diaryl/α,β-unsaturated/α-hetero) is 1. The van der Waals surface area contributed by atoms with Gasteiger partial charge in [-0.25, -0.2) is 0 Å². The van der Waals surface area contributed by atoms with E-state index in [4.69, 9.17) is 0 Å². The molecule has 0 aromatic heterocycles. The Morgan fingerprint density at radius 2 is 2.20 bits per heavy atom. The summed E-state index contributed by atoms with van der Waals surface area (Å²) < 4.78 is 0. The van der Waals surface area contributed by atoms with Gasteiger partial charge in [-0.3, -0.25) is 4.79 Å². The smallest absolute Gasteiger partial charge is 0.146 e. The predicted molar refractivity (Wildman–Crippen MR) is 43.1 cm³/mol. The van der Waals surface area contributed by atoms with Gasteiger partial charge in [0.1, 0.15) is 5.78 Å². The van der Waals surface area contributed by atoms with E-state index in [1.807, 2.05) is 7.05 Å². The summed E-state index contributed by atoms with van der Waals surface area (Å²) in [6, 6.07) is 0.0833. The molecule has 0 saturated carbocycles. The van der Waals surface area contributed by atoms with Crippen LogP contribution in [0, 0.1) is 0 Å². The molecule has 0 heterocycles. The van der Waals surface area contributed by atoms with E-state index in [0.29, 0.717) is 0 Å². The summed E-state index contributed by atoms with van der Waals surface area (Å²) in [4.78, 5) is 10.8. The number of ketones is 1. The highest BCUT2D eigenvalue weighted by atomic mass is 16.1. The number of carbonyl (C=O) groups excluding carboxylic acids is 1. The molecule has 1 atom stereocenters. The van der Waals surface area contributed by atoms with Crippen molar-refractivity contribution in [1.82, 2.24) is 5.32 Å². The maximum absolute atomic E-state index is 10.8. The van der Waals surface area contributed by atoms with Gasteiger partial charge >= 0.3 is 0 Å². The van der Waals surface area contributed by atoms with Crippen molar-refractivity contribution in [3.05, 3.63) is 0 Å². The lowest BCUT2D eigenvalue weighted by molar-refractivity contribution is -0.119. The highest BCUT2D eigenvalue weighted by molar-refractivity contribution is 5.81. The van der Waals surface area contributed by atoms with Crippen LogP contribution in [-0.4, -0.2) is 18.9 Å². The molecule has 0 spiro atoms. The van der Waals surface area contributed by atoms with Gasteiger partial charge in [-0.15, -0.1) is 0 Å². The molecule has 0 radical (unpaired) electrons. The van der Waals surface area contributed by atoms with Crippen LogP contribution in [0.25, 0.3) is 0 Å². The van der Waals surface area contributed by atoms with Crippen LogP contribution in [0.4, 0.5) is 0 Å². The first-order chi connectivity index (χ1) is 4.72. The molecule has 0 aliphatic carbocycles. The first-order valence-corrected chi connectivity index (χ1v) is 3.90. The van der Waals surface area contributed by atoms with Crippen LogP contribution in [-0.2, 0) is 4.79 Å². The average Bonchev–Trinajstić information content (AvgIpc) is 1.89. The lowest BCUT2D eigenvalue weighted by Gasteiger charge is -2.10. The lowest BCUT2D eigenvalue weighted by Crippen LogP contribution is -2.31. The standard InChI is InChI=1S/C8H17NO/c1-4-5-6-8(9-3)7(2)10/h8-9H,4-6H2,1-3H3/t8-/m1/s1. The summed E-state index contributed by atoms with van der Waals surface area (Å²) in [5.74, 6) is 0.246. The molecule has 0 unspecified atom stereocenters. The van der Waals surface area contributed by atoms with Crippen LogP contribution >= 0.6 is 0 Å². The minimum absolute atomic E-state index is 0.0833. The fourth-order valence-electron chi connectivity index (χ4n) is 0.959. The van der Waals surface area contributed by atoms with Gasteiger partial charge in [-0.2, -0.15) is 0 Å². The maximum atomic E-state index is 10.8. The third-order valence-corrected chi connectivity index (χ3v) is 1.69. The van der Waals surface area contributed by atoms with Gasteiger partial charge in [-0.1, -0.05) is 19.8 Å². The van der Waals surface area contributed by atoms with Crippen LogP contribution in [0.15, 0.2) is 0 Å². The fraction of sp³-hybridized carbons (Fsp3) is 0.875. The number of rotatable bonds is 5. The SMILES string of the molecule is CCCC[C@@H](NC)C(C)=O. The molecule has 0 aliphatic heterocycles. The highest BCUT2D eigenvalue weighted by Gasteiger charge is 2.08. The summed E-state index contributed by atoms with van der Waals surface area (Å²) in [7, 11) is 1.84. The second-order valence-electron chi connectivity index (χ2n) is 2.59. The van der Waals surface area contributed by atoms with Crippen molar-refractivity contribution in [2.75, 3.05) is 7.05 Å². The zero-order valence-corrected chi connectivity index (χ0v) is 7.11. The number of nitrogens with one attached hydrogen (secondary N) is 1. The number of unbranched alkanes of at least 4 members (excludes halogenated alkanes) is 1. The van der Waals surface area contributed by atoms with Gasteiger partial charge in [0.2, 0.25) is 0 Å². The molecule has 0 bridgehead atoms. The molecule has 1 N–H and O–H groups in total. The Labute approximate surface area is 63.0 Å². The zero-order valence-electron chi connectivity index (χ0n) is 7.11. The van der Waals surface area contributed by atoms with Crippen molar-refractivity contribution in [2.45, 2.75) is 39.2 Å². The van der Waals surface area contributed by atoms with E-state index >= 15 is 0 Å². The fourth-order valence-corrected chi connectivity index (χ4v) is 0.959. The zero-order chi connectivity index (χ0) is 7.98. The van der Waals surface area contributed by atoms with Gasteiger partial charge in [0.05, 0.1) is 6.04 Å². The molecule has 0 aromatic rings. The maximum Gasteiger partial charge on any atom is 0.146 e. The van der Waals surface area contributed by atoms with Crippen molar-refractivity contribution in [3.63, 3.8) is 0 Å². The van der Waals surface area contributed by atoms with Gasteiger partial charge in [0.25, 0.3) is 0 Å². The molecule has 10 heavy (non-hydrogen) atoms. The summed E-state index contributed by atoms with van der Waals surface area (Å²) in [6.07, 6.45) is 3.26. The van der Waals surface area contributed by atoms with Gasteiger partial charge in [0, 0.05) is 0 Å². The van der Waals surface area contributed by atoms with Crippen molar-refractivity contribution in [1.29, 1.82) is 0 Å². The minimum Gasteiger partial charge on any atom is -0.311 e. The molecule has 2 nitrogen and oxygen atoms in total. The van der Waals surface area contributed by atoms with Crippen LogP contribution in [0.2, 0.25) is 0 Å². The quantitative estimate of drug-likeness (QED) is 0.629. The van der Waals surface area contributed by atoms with Crippen LogP contribution in [0.5, 0.6) is 0 Å². The Morgan fingerprint density at radius 3 is 2.50 bits per heavy atom. The summed E-state index contributed by atoms with van der Waals surface area (Å²) in [6.45, 7) is 3.77. The summed E-state index contributed by atoms with van der Waals surface area (Å²) >= 11 is 0. The van der Waals surface area contributed by atoms with Crippen molar-refractivity contribution in [3.8, 4) is 0 Å². The van der Waals surface area contributed by atoms with E-state index in [1.54, 1.807) is 6.92 Å². The number of hydrogen-bond donors (Lipinski definition) is 1. The first-order valence-electron chi connectivity index (χ1n) is 3.90. The first kappa shape index (κ1) is 9.63. The Morgan fingerprint density at radius 1 is 1.60 bits per heavy atom. The second-order valence-corrected chi connectivity index (χ2v) is 2.59. The Hall–Kier alpha value is -0.370. The number of hydrogen-bond acceptors (Lipinski definition) is 2. The molecule has 0 saturated heterocycles. The van der Waals surface area contributed by atoms with E-state index in [0.717, 1.165) is 19.3 Å². The highest BCUT2D eigenvalue weighted by Crippen LogP contribution is 2.00. The predicted octanol–water partition coefficient (Wildman–Crippen LogP) is 1.35. The van der Waals surface area contributed by atoms with E-state index in [9.17, 15) is 4.79 Å². The van der Waals surface area contributed by atoms with Crippen molar-refractivity contribution in [2.24, 2.45) is 0 Å². The van der Waals surface area contributed by atoms with Gasteiger partial charge in [-0.05, 0) is 20.4 Å². The van der Waals surface area contributed by atoms with Gasteiger partial charge < -0.3 is 5.32 Å². The molecular weight excluding hydrogens is 126 g/mol. The topological polar surface area (TPSA) is 29.1 Å².